The minimum atomic E-state index is -0.222. The summed E-state index contributed by atoms with van der Waals surface area (Å²) in [5.74, 6) is 0.983. The zero-order valence-corrected chi connectivity index (χ0v) is 17.4. The summed E-state index contributed by atoms with van der Waals surface area (Å²) in [6.07, 6.45) is 1.61. The molecule has 0 aliphatic carbocycles. The molecule has 0 atom stereocenters. The number of hydrogen-bond acceptors (Lipinski definition) is 7. The van der Waals surface area contributed by atoms with Gasteiger partial charge < -0.3 is 10.1 Å². The molecule has 1 aromatic carbocycles. The maximum atomic E-state index is 12.2. The fraction of sp³-hybridized carbons (Fsp3) is 0.133. The topological polar surface area (TPSA) is 94.8 Å². The number of para-hydroxylation sites is 2. The summed E-state index contributed by atoms with van der Waals surface area (Å²) in [5, 5.41) is 14.9. The van der Waals surface area contributed by atoms with Crippen LogP contribution in [0.2, 0.25) is 0 Å². The fourth-order valence-corrected chi connectivity index (χ4v) is 3.80. The normalized spacial score (nSPS) is 10.6. The summed E-state index contributed by atoms with van der Waals surface area (Å²) in [4.78, 5) is 16.4. The number of thioether (sulfide) groups is 1. The van der Waals surface area contributed by atoms with Crippen LogP contribution in [-0.4, -0.2) is 44.0 Å². The van der Waals surface area contributed by atoms with Gasteiger partial charge in [0.2, 0.25) is 11.1 Å². The van der Waals surface area contributed by atoms with Crippen LogP contribution in [0.5, 0.6) is 5.75 Å². The van der Waals surface area contributed by atoms with Gasteiger partial charge in [0.1, 0.15) is 17.3 Å². The van der Waals surface area contributed by atoms with Crippen molar-refractivity contribution in [1.29, 1.82) is 0 Å². The lowest BCUT2D eigenvalue weighted by molar-refractivity contribution is -0.113. The third-order valence-electron chi connectivity index (χ3n) is 3.15. The number of pyridine rings is 1. The Morgan fingerprint density at radius 2 is 2.15 bits per heavy atom. The summed E-state index contributed by atoms with van der Waals surface area (Å²) >= 11 is 7.89. The number of methoxy groups -OCH3 is 1. The zero-order chi connectivity index (χ0) is 18.5. The summed E-state index contributed by atoms with van der Waals surface area (Å²) < 4.78 is 8.36. The van der Waals surface area contributed by atoms with Gasteiger partial charge in [0, 0.05) is 10.7 Å². The highest BCUT2D eigenvalue weighted by Gasteiger charge is 2.15. The van der Waals surface area contributed by atoms with Crippen LogP contribution in [0.25, 0.3) is 5.69 Å². The summed E-state index contributed by atoms with van der Waals surface area (Å²) in [6, 6.07) is 9.17. The number of halogens is 2. The number of nitrogens with one attached hydrogen (secondary N) is 1. The average molecular weight is 500 g/mol. The van der Waals surface area contributed by atoms with E-state index in [2.05, 4.69) is 57.7 Å². The van der Waals surface area contributed by atoms with E-state index in [0.29, 0.717) is 26.9 Å². The predicted molar refractivity (Wildman–Crippen MR) is 105 cm³/mol. The predicted octanol–water partition coefficient (Wildman–Crippen LogP) is 3.32. The second kappa shape index (κ2) is 8.60. The summed E-state index contributed by atoms with van der Waals surface area (Å²) in [7, 11) is 1.58. The third-order valence-corrected chi connectivity index (χ3v) is 5.11. The van der Waals surface area contributed by atoms with Crippen LogP contribution in [0.4, 0.5) is 5.82 Å². The minimum Gasteiger partial charge on any atom is -0.494 e. The number of carbonyl (C=O) groups excluding carboxylic acids is 1. The average Bonchev–Trinajstić information content (AvgIpc) is 3.10. The van der Waals surface area contributed by atoms with Crippen molar-refractivity contribution in [3.05, 3.63) is 45.5 Å². The number of aromatic nitrogens is 5. The highest BCUT2D eigenvalue weighted by atomic mass is 79.9. The van der Waals surface area contributed by atoms with E-state index in [0.717, 1.165) is 4.47 Å². The van der Waals surface area contributed by atoms with E-state index < -0.39 is 0 Å². The van der Waals surface area contributed by atoms with Gasteiger partial charge in [0.05, 0.1) is 17.3 Å². The molecule has 0 aliphatic heterocycles. The maximum absolute atomic E-state index is 12.2. The number of tetrazole rings is 1. The number of amides is 1. The van der Waals surface area contributed by atoms with Crippen LogP contribution < -0.4 is 10.1 Å². The van der Waals surface area contributed by atoms with Crippen molar-refractivity contribution < 1.29 is 9.53 Å². The van der Waals surface area contributed by atoms with Crippen LogP contribution in [0, 0.1) is 0 Å². The molecule has 8 nitrogen and oxygen atoms in total. The van der Waals surface area contributed by atoms with Crippen LogP contribution in [0.15, 0.2) is 50.6 Å². The van der Waals surface area contributed by atoms with Crippen molar-refractivity contribution in [2.24, 2.45) is 0 Å². The molecule has 0 fully saturated rings. The van der Waals surface area contributed by atoms with E-state index in [1.807, 2.05) is 24.3 Å². The first-order chi connectivity index (χ1) is 12.6. The van der Waals surface area contributed by atoms with Gasteiger partial charge in [-0.05, 0) is 60.5 Å². The molecular formula is C15H12Br2N6O2S. The molecule has 1 amide bonds. The van der Waals surface area contributed by atoms with Gasteiger partial charge >= 0.3 is 0 Å². The van der Waals surface area contributed by atoms with Crippen molar-refractivity contribution in [2.75, 3.05) is 18.2 Å². The van der Waals surface area contributed by atoms with Crippen molar-refractivity contribution in [3.8, 4) is 11.4 Å². The third kappa shape index (κ3) is 4.40. The molecule has 0 aliphatic rings. The second-order valence-corrected chi connectivity index (χ2v) is 7.58. The van der Waals surface area contributed by atoms with E-state index in [1.54, 1.807) is 19.4 Å². The van der Waals surface area contributed by atoms with Crippen molar-refractivity contribution in [3.63, 3.8) is 0 Å². The molecule has 3 aromatic rings. The molecule has 2 heterocycles. The number of carbonyl (C=O) groups is 1. The molecule has 134 valence electrons. The first kappa shape index (κ1) is 18.8. The van der Waals surface area contributed by atoms with Crippen LogP contribution in [-0.2, 0) is 4.79 Å². The number of ether oxygens (including phenoxy) is 1. The number of anilines is 1. The van der Waals surface area contributed by atoms with E-state index in [1.165, 1.54) is 16.4 Å². The highest BCUT2D eigenvalue weighted by molar-refractivity contribution is 9.11. The van der Waals surface area contributed by atoms with Crippen LogP contribution >= 0.6 is 43.6 Å². The van der Waals surface area contributed by atoms with Crippen molar-refractivity contribution in [1.82, 2.24) is 25.2 Å². The quantitative estimate of drug-likeness (QED) is 0.519. The molecule has 26 heavy (non-hydrogen) atoms. The van der Waals surface area contributed by atoms with Gasteiger partial charge in [-0.25, -0.2) is 4.98 Å². The van der Waals surface area contributed by atoms with E-state index in [9.17, 15) is 4.79 Å². The van der Waals surface area contributed by atoms with Gasteiger partial charge in [-0.3, -0.25) is 4.79 Å². The molecular weight excluding hydrogens is 488 g/mol. The summed E-state index contributed by atoms with van der Waals surface area (Å²) in [6.45, 7) is 0. The fourth-order valence-electron chi connectivity index (χ4n) is 2.03. The zero-order valence-electron chi connectivity index (χ0n) is 13.4. The molecule has 2 aromatic heterocycles. The molecule has 0 saturated heterocycles. The van der Waals surface area contributed by atoms with Crippen molar-refractivity contribution >= 4 is 55.3 Å². The van der Waals surface area contributed by atoms with Gasteiger partial charge in [0.25, 0.3) is 0 Å². The first-order valence-electron chi connectivity index (χ1n) is 7.24. The van der Waals surface area contributed by atoms with E-state index in [-0.39, 0.29) is 11.7 Å². The lowest BCUT2D eigenvalue weighted by Gasteiger charge is -2.09. The smallest absolute Gasteiger partial charge is 0.236 e. The second-order valence-electron chi connectivity index (χ2n) is 4.87. The summed E-state index contributed by atoms with van der Waals surface area (Å²) in [5.41, 5.74) is 0.695. The minimum absolute atomic E-state index is 0.125. The lowest BCUT2D eigenvalue weighted by Crippen LogP contribution is -2.16. The lowest BCUT2D eigenvalue weighted by atomic mass is 10.3. The Hall–Kier alpha value is -1.98. The van der Waals surface area contributed by atoms with Crippen LogP contribution in [0.3, 0.4) is 0 Å². The maximum Gasteiger partial charge on any atom is 0.236 e. The van der Waals surface area contributed by atoms with Gasteiger partial charge in [-0.1, -0.05) is 23.9 Å². The number of nitrogens with zero attached hydrogens (tertiary/aromatic N) is 5. The van der Waals surface area contributed by atoms with Crippen LogP contribution in [0.1, 0.15) is 0 Å². The van der Waals surface area contributed by atoms with Crippen molar-refractivity contribution in [2.45, 2.75) is 5.16 Å². The molecule has 0 spiro atoms. The monoisotopic (exact) mass is 498 g/mol. The SMILES string of the molecule is COc1ccccc1-n1nnnc1SCC(=O)Nc1ncc(Br)cc1Br. The molecule has 0 saturated carbocycles. The molecule has 1 N–H and O–H groups in total. The Morgan fingerprint density at radius 1 is 1.35 bits per heavy atom. The molecule has 11 heteroatoms. The number of hydrogen-bond donors (Lipinski definition) is 1. The van der Waals surface area contributed by atoms with Gasteiger partial charge in [-0.2, -0.15) is 4.68 Å². The molecule has 0 bridgehead atoms. The first-order valence-corrected chi connectivity index (χ1v) is 9.81. The highest BCUT2D eigenvalue weighted by Crippen LogP contribution is 2.26. The van der Waals surface area contributed by atoms with Gasteiger partial charge in [0.15, 0.2) is 0 Å². The Balaban J connectivity index is 1.69. The largest absolute Gasteiger partial charge is 0.494 e. The Morgan fingerprint density at radius 3 is 2.92 bits per heavy atom. The molecule has 3 rings (SSSR count). The molecule has 0 radical (unpaired) electrons. The Kier molecular flexibility index (Phi) is 6.22. The van der Waals surface area contributed by atoms with E-state index >= 15 is 0 Å². The Bertz CT molecular complexity index is 936. The molecule has 0 unspecified atom stereocenters. The van der Waals surface area contributed by atoms with Gasteiger partial charge in [-0.15, -0.1) is 5.10 Å². The number of benzene rings is 1. The standard InChI is InChI=1S/C15H12Br2N6O2S/c1-25-12-5-3-2-4-11(12)23-15(20-21-22-23)26-8-13(24)19-14-10(17)6-9(16)7-18-14/h2-7H,8H2,1H3,(H,18,19,24). The Labute approximate surface area is 170 Å². The number of rotatable bonds is 6. The van der Waals surface area contributed by atoms with E-state index in [4.69, 9.17) is 4.74 Å².